The van der Waals surface area contributed by atoms with Gasteiger partial charge >= 0.3 is 0 Å². The molecule has 0 aromatic heterocycles. The van der Waals surface area contributed by atoms with Gasteiger partial charge in [0.2, 0.25) is 0 Å². The minimum Gasteiger partial charge on any atom is -0.493 e. The first-order valence-electron chi connectivity index (χ1n) is 7.37. The van der Waals surface area contributed by atoms with Crippen molar-refractivity contribution >= 4 is 0 Å². The maximum absolute atomic E-state index is 9.21. The van der Waals surface area contributed by atoms with Crippen LogP contribution < -0.4 is 10.5 Å². The Bertz CT molecular complexity index is 533. The molecule has 0 bridgehead atoms. The third-order valence-electron chi connectivity index (χ3n) is 4.57. The maximum Gasteiger partial charge on any atom is 0.122 e. The van der Waals surface area contributed by atoms with E-state index in [-0.39, 0.29) is 5.92 Å². The number of rotatable bonds is 4. The molecule has 1 fully saturated rings. The Morgan fingerprint density at radius 1 is 1.40 bits per heavy atom. The molecule has 1 aromatic carbocycles. The zero-order valence-corrected chi connectivity index (χ0v) is 12.7. The number of hydrogen-bond acceptors (Lipinski definition) is 3. The summed E-state index contributed by atoms with van der Waals surface area (Å²) in [6, 6.07) is 6.54. The van der Waals surface area contributed by atoms with Gasteiger partial charge in [0.05, 0.1) is 12.7 Å². The van der Waals surface area contributed by atoms with Crippen LogP contribution in [0.4, 0.5) is 0 Å². The first-order valence-corrected chi connectivity index (χ1v) is 7.37. The molecule has 20 heavy (non-hydrogen) atoms. The van der Waals surface area contributed by atoms with Crippen molar-refractivity contribution < 1.29 is 4.74 Å². The highest BCUT2D eigenvalue weighted by Gasteiger charge is 2.39. The molecule has 3 nitrogen and oxygen atoms in total. The van der Waals surface area contributed by atoms with Gasteiger partial charge in [0.15, 0.2) is 0 Å². The third kappa shape index (κ3) is 2.96. The second-order valence-electron chi connectivity index (χ2n) is 6.08. The number of ether oxygens (including phenoxy) is 1. The summed E-state index contributed by atoms with van der Waals surface area (Å²) in [4.78, 5) is 0. The summed E-state index contributed by atoms with van der Waals surface area (Å²) in [5.74, 6) is 1.22. The van der Waals surface area contributed by atoms with Gasteiger partial charge in [0.25, 0.3) is 0 Å². The lowest BCUT2D eigenvalue weighted by molar-refractivity contribution is 0.253. The van der Waals surface area contributed by atoms with Gasteiger partial charge in [0, 0.05) is 0 Å². The monoisotopic (exact) mass is 272 g/mol. The minimum atomic E-state index is -0.638. The van der Waals surface area contributed by atoms with Crippen LogP contribution in [-0.2, 0) is 0 Å². The van der Waals surface area contributed by atoms with Crippen LogP contribution in [0.15, 0.2) is 12.1 Å². The van der Waals surface area contributed by atoms with Crippen molar-refractivity contribution in [1.29, 1.82) is 5.26 Å². The molecule has 0 spiro atoms. The molecule has 1 aliphatic rings. The summed E-state index contributed by atoms with van der Waals surface area (Å²) < 4.78 is 5.93. The average Bonchev–Trinajstić information content (AvgIpc) is 2.77. The van der Waals surface area contributed by atoms with Crippen molar-refractivity contribution in [2.45, 2.75) is 52.0 Å². The average molecular weight is 272 g/mol. The normalized spacial score (nSPS) is 25.4. The fraction of sp³-hybridized carbons (Fsp3) is 0.588. The molecule has 2 unspecified atom stereocenters. The van der Waals surface area contributed by atoms with Gasteiger partial charge in [-0.3, -0.25) is 0 Å². The second-order valence-corrected chi connectivity index (χ2v) is 6.08. The lowest BCUT2D eigenvalue weighted by atomic mass is 9.87. The molecule has 3 heteroatoms. The molecular formula is C17H24N2O. The highest BCUT2D eigenvalue weighted by molar-refractivity contribution is 5.41. The van der Waals surface area contributed by atoms with Crippen LogP contribution in [-0.4, -0.2) is 12.1 Å². The molecule has 0 heterocycles. The van der Waals surface area contributed by atoms with E-state index in [9.17, 15) is 5.26 Å². The third-order valence-corrected chi connectivity index (χ3v) is 4.57. The van der Waals surface area contributed by atoms with Gasteiger partial charge in [-0.25, -0.2) is 0 Å². The zero-order valence-electron chi connectivity index (χ0n) is 12.7. The van der Waals surface area contributed by atoms with Crippen LogP contribution >= 0.6 is 0 Å². The van der Waals surface area contributed by atoms with Crippen molar-refractivity contribution in [3.8, 4) is 11.8 Å². The van der Waals surface area contributed by atoms with Gasteiger partial charge in [-0.15, -0.1) is 0 Å². The van der Waals surface area contributed by atoms with Gasteiger partial charge in [-0.1, -0.05) is 12.5 Å². The summed E-state index contributed by atoms with van der Waals surface area (Å²) >= 11 is 0. The molecule has 2 atom stereocenters. The van der Waals surface area contributed by atoms with Gasteiger partial charge < -0.3 is 10.5 Å². The minimum absolute atomic E-state index is 0.263. The SMILES string of the molecule is Cc1cc(C)c(C)c(OCCC2CCCC2(N)C#N)c1. The lowest BCUT2D eigenvalue weighted by Crippen LogP contribution is -2.42. The number of hydrogen-bond donors (Lipinski definition) is 1. The topological polar surface area (TPSA) is 59.0 Å². The van der Waals surface area contributed by atoms with Crippen LogP contribution in [0.25, 0.3) is 0 Å². The largest absolute Gasteiger partial charge is 0.493 e. The summed E-state index contributed by atoms with van der Waals surface area (Å²) in [6.07, 6.45) is 3.77. The predicted octanol–water partition coefficient (Wildman–Crippen LogP) is 3.40. The first kappa shape index (κ1) is 14.9. The fourth-order valence-electron chi connectivity index (χ4n) is 3.11. The van der Waals surface area contributed by atoms with Crippen LogP contribution in [0.2, 0.25) is 0 Å². The van der Waals surface area contributed by atoms with E-state index in [2.05, 4.69) is 39.0 Å². The van der Waals surface area contributed by atoms with Gasteiger partial charge in [-0.2, -0.15) is 5.26 Å². The maximum atomic E-state index is 9.21. The fourth-order valence-corrected chi connectivity index (χ4v) is 3.11. The molecule has 0 radical (unpaired) electrons. The first-order chi connectivity index (χ1) is 9.46. The van der Waals surface area contributed by atoms with Crippen molar-refractivity contribution in [2.75, 3.05) is 6.61 Å². The van der Waals surface area contributed by atoms with Crippen LogP contribution in [0.5, 0.6) is 5.75 Å². The molecule has 2 rings (SSSR count). The Hall–Kier alpha value is -1.53. The molecular weight excluding hydrogens is 248 g/mol. The number of nitrogens with zero attached hydrogens (tertiary/aromatic N) is 1. The number of nitriles is 1. The summed E-state index contributed by atoms with van der Waals surface area (Å²) in [5.41, 5.74) is 9.17. The zero-order chi connectivity index (χ0) is 14.8. The summed E-state index contributed by atoms with van der Waals surface area (Å²) in [5, 5.41) is 9.21. The Morgan fingerprint density at radius 2 is 2.15 bits per heavy atom. The smallest absolute Gasteiger partial charge is 0.122 e. The molecule has 0 saturated heterocycles. The van der Waals surface area contributed by atoms with E-state index in [0.29, 0.717) is 6.61 Å². The predicted molar refractivity (Wildman–Crippen MR) is 80.6 cm³/mol. The Kier molecular flexibility index (Phi) is 4.35. The molecule has 1 saturated carbocycles. The highest BCUT2D eigenvalue weighted by atomic mass is 16.5. The number of benzene rings is 1. The van der Waals surface area contributed by atoms with E-state index in [0.717, 1.165) is 31.4 Å². The molecule has 1 aromatic rings. The molecule has 1 aliphatic carbocycles. The number of aryl methyl sites for hydroxylation is 2. The molecule has 0 amide bonds. The quantitative estimate of drug-likeness (QED) is 0.913. The van der Waals surface area contributed by atoms with E-state index in [1.807, 2.05) is 0 Å². The van der Waals surface area contributed by atoms with E-state index < -0.39 is 5.54 Å². The van der Waals surface area contributed by atoms with E-state index in [1.54, 1.807) is 0 Å². The molecule has 0 aliphatic heterocycles. The van der Waals surface area contributed by atoms with Crippen LogP contribution in [0, 0.1) is 38.0 Å². The van der Waals surface area contributed by atoms with Crippen LogP contribution in [0.3, 0.4) is 0 Å². The van der Waals surface area contributed by atoms with E-state index in [1.165, 1.54) is 16.7 Å². The molecule has 2 N–H and O–H groups in total. The van der Waals surface area contributed by atoms with E-state index in [4.69, 9.17) is 10.5 Å². The number of nitrogens with two attached hydrogens (primary N) is 1. The van der Waals surface area contributed by atoms with Crippen molar-refractivity contribution in [3.05, 3.63) is 28.8 Å². The Balaban J connectivity index is 1.96. The van der Waals surface area contributed by atoms with Crippen LogP contribution in [0.1, 0.15) is 42.4 Å². The van der Waals surface area contributed by atoms with E-state index >= 15 is 0 Å². The van der Waals surface area contributed by atoms with Crippen molar-refractivity contribution in [3.63, 3.8) is 0 Å². The Labute approximate surface area is 121 Å². The lowest BCUT2D eigenvalue weighted by Gasteiger charge is -2.24. The standard InChI is InChI=1S/C17H24N2O/c1-12-9-13(2)14(3)16(10-12)20-8-6-15-5-4-7-17(15,19)11-18/h9-10,15H,4-8,19H2,1-3H3. The second kappa shape index (κ2) is 5.85. The highest BCUT2D eigenvalue weighted by Crippen LogP contribution is 2.35. The Morgan fingerprint density at radius 3 is 2.85 bits per heavy atom. The van der Waals surface area contributed by atoms with Gasteiger partial charge in [-0.05, 0) is 68.7 Å². The molecule has 108 valence electrons. The summed E-state index contributed by atoms with van der Waals surface area (Å²) in [6.45, 7) is 6.90. The van der Waals surface area contributed by atoms with Crippen molar-refractivity contribution in [1.82, 2.24) is 0 Å². The summed E-state index contributed by atoms with van der Waals surface area (Å²) in [7, 11) is 0. The van der Waals surface area contributed by atoms with Gasteiger partial charge in [0.1, 0.15) is 11.3 Å². The van der Waals surface area contributed by atoms with Crippen molar-refractivity contribution in [2.24, 2.45) is 11.7 Å².